The van der Waals surface area contributed by atoms with Crippen LogP contribution < -0.4 is 4.74 Å². The van der Waals surface area contributed by atoms with E-state index in [1.807, 2.05) is 0 Å². The molecule has 0 spiro atoms. The van der Waals surface area contributed by atoms with Gasteiger partial charge in [0.15, 0.2) is 0 Å². The molecule has 0 aliphatic carbocycles. The van der Waals surface area contributed by atoms with Crippen molar-refractivity contribution in [3.8, 4) is 5.88 Å². The predicted molar refractivity (Wildman–Crippen MR) is 81.5 cm³/mol. The zero-order valence-corrected chi connectivity index (χ0v) is 13.4. The van der Waals surface area contributed by atoms with Crippen LogP contribution in [0.2, 0.25) is 0 Å². The molecule has 0 unspecified atom stereocenters. The summed E-state index contributed by atoms with van der Waals surface area (Å²) in [4.78, 5) is 3.98. The fraction of sp³-hybridized carbons (Fsp3) is 0.714. The van der Waals surface area contributed by atoms with Crippen molar-refractivity contribution in [3.05, 3.63) is 11.8 Å². The molecule has 1 aromatic heterocycles. The molecule has 8 heteroatoms. The molecule has 0 N–H and O–H groups in total. The van der Waals surface area contributed by atoms with Crippen molar-refractivity contribution in [1.82, 2.24) is 18.5 Å². The molecule has 1 fully saturated rings. The van der Waals surface area contributed by atoms with Crippen LogP contribution in [0.1, 0.15) is 18.5 Å². The molecule has 22 heavy (non-hydrogen) atoms. The summed E-state index contributed by atoms with van der Waals surface area (Å²) in [7, 11) is 2.08. The third-order valence-electron chi connectivity index (χ3n) is 3.87. The maximum Gasteiger partial charge on any atom is 0.272 e. The molecule has 122 valence electrons. The average Bonchev–Trinajstić information content (AvgIpc) is 2.89. The number of hydrogen-bond acceptors (Lipinski definition) is 6. The first-order valence-corrected chi connectivity index (χ1v) is 8.20. The Morgan fingerprint density at radius 1 is 1.36 bits per heavy atom. The summed E-state index contributed by atoms with van der Waals surface area (Å²) in [5.41, 5.74) is 1.98. The van der Waals surface area contributed by atoms with Gasteiger partial charge < -0.3 is 9.64 Å². The lowest BCUT2D eigenvalue weighted by Gasteiger charge is -2.38. The molecule has 1 saturated heterocycles. The number of ether oxygens (including phenoxy) is 1. The van der Waals surface area contributed by atoms with E-state index in [1.165, 1.54) is 0 Å². The van der Waals surface area contributed by atoms with Gasteiger partial charge in [-0.15, -0.1) is 4.37 Å². The quantitative estimate of drug-likeness (QED) is 0.746. The average molecular weight is 330 g/mol. The highest BCUT2D eigenvalue weighted by Crippen LogP contribution is 2.28. The topological polar surface area (TPSA) is 41.5 Å². The molecular formula is C14H20F2N4OS. The summed E-state index contributed by atoms with van der Waals surface area (Å²) in [6.45, 7) is 2.76. The minimum atomic E-state index is -2.49. The van der Waals surface area contributed by atoms with Crippen LogP contribution in [0.4, 0.5) is 8.78 Å². The van der Waals surface area contributed by atoms with Crippen LogP contribution in [0.5, 0.6) is 5.88 Å². The monoisotopic (exact) mass is 330 g/mol. The first kappa shape index (κ1) is 15.8. The van der Waals surface area contributed by atoms with E-state index in [2.05, 4.69) is 26.8 Å². The largest absolute Gasteiger partial charge is 0.475 e. The summed E-state index contributed by atoms with van der Waals surface area (Å²) >= 11 is 1.15. The summed E-state index contributed by atoms with van der Waals surface area (Å²) in [6, 6.07) is 0. The molecular weight excluding hydrogens is 310 g/mol. The molecule has 2 aliphatic heterocycles. The molecule has 3 heterocycles. The fourth-order valence-corrected chi connectivity index (χ4v) is 3.29. The number of hydrogen-bond donors (Lipinski definition) is 0. The lowest BCUT2D eigenvalue weighted by molar-refractivity contribution is -0.130. The Balaban J connectivity index is 1.46. The van der Waals surface area contributed by atoms with E-state index in [4.69, 9.17) is 4.74 Å². The highest BCUT2D eigenvalue weighted by molar-refractivity contribution is 6.99. The number of likely N-dealkylation sites (tertiary alicyclic amines) is 1. The van der Waals surface area contributed by atoms with E-state index in [1.54, 1.807) is 4.90 Å². The van der Waals surface area contributed by atoms with E-state index >= 15 is 0 Å². The van der Waals surface area contributed by atoms with Crippen molar-refractivity contribution in [2.75, 3.05) is 46.4 Å². The SMILES string of the molecule is CN1CCC=C(c2nsnc2OCCCN2CC(F)(F)C2)C1. The molecule has 0 saturated carbocycles. The zero-order valence-electron chi connectivity index (χ0n) is 12.6. The molecule has 0 aromatic carbocycles. The minimum absolute atomic E-state index is 0.129. The van der Waals surface area contributed by atoms with Crippen LogP contribution in [0.15, 0.2) is 6.08 Å². The van der Waals surface area contributed by atoms with Crippen molar-refractivity contribution in [3.63, 3.8) is 0 Å². The normalized spacial score (nSPS) is 22.2. The minimum Gasteiger partial charge on any atom is -0.475 e. The third-order valence-corrected chi connectivity index (χ3v) is 4.38. The van der Waals surface area contributed by atoms with Crippen molar-refractivity contribution in [1.29, 1.82) is 0 Å². The van der Waals surface area contributed by atoms with Crippen molar-refractivity contribution in [2.24, 2.45) is 0 Å². The molecule has 3 rings (SSSR count). The fourth-order valence-electron chi connectivity index (χ4n) is 2.76. The highest BCUT2D eigenvalue weighted by Gasteiger charge is 2.43. The molecule has 0 amide bonds. The molecule has 0 bridgehead atoms. The van der Waals surface area contributed by atoms with Gasteiger partial charge in [-0.25, -0.2) is 8.78 Å². The molecule has 1 aromatic rings. The highest BCUT2D eigenvalue weighted by atomic mass is 32.1. The lowest BCUT2D eigenvalue weighted by atomic mass is 10.1. The molecule has 0 radical (unpaired) electrons. The van der Waals surface area contributed by atoms with Gasteiger partial charge in [0.25, 0.3) is 11.8 Å². The van der Waals surface area contributed by atoms with Gasteiger partial charge in [-0.1, -0.05) is 6.08 Å². The second kappa shape index (κ2) is 6.55. The standard InChI is InChI=1S/C14H20F2N4OS/c1-19-5-2-4-11(8-19)12-13(18-22-17-12)21-7-3-6-20-9-14(15,16)10-20/h4H,2-3,5-10H2,1H3. The lowest BCUT2D eigenvalue weighted by Crippen LogP contribution is -2.56. The van der Waals surface area contributed by atoms with Gasteiger partial charge in [-0.05, 0) is 25.5 Å². The number of likely N-dealkylation sites (N-methyl/N-ethyl adjacent to an activating group) is 1. The van der Waals surface area contributed by atoms with Gasteiger partial charge in [-0.3, -0.25) is 4.90 Å². The molecule has 2 aliphatic rings. The number of nitrogens with zero attached hydrogens (tertiary/aromatic N) is 4. The van der Waals surface area contributed by atoms with Gasteiger partial charge in [0, 0.05) is 19.6 Å². The maximum absolute atomic E-state index is 12.7. The van der Waals surface area contributed by atoms with Crippen molar-refractivity contribution in [2.45, 2.75) is 18.8 Å². The third kappa shape index (κ3) is 3.80. The first-order chi connectivity index (χ1) is 10.5. The van der Waals surface area contributed by atoms with E-state index < -0.39 is 5.92 Å². The summed E-state index contributed by atoms with van der Waals surface area (Å²) in [5.74, 6) is -1.92. The van der Waals surface area contributed by atoms with Crippen molar-refractivity contribution < 1.29 is 13.5 Å². The number of aromatic nitrogens is 2. The zero-order chi connectivity index (χ0) is 15.6. The van der Waals surface area contributed by atoms with Crippen LogP contribution in [-0.2, 0) is 0 Å². The predicted octanol–water partition coefficient (Wildman–Crippen LogP) is 1.98. The van der Waals surface area contributed by atoms with Crippen LogP contribution in [-0.4, -0.2) is 70.8 Å². The first-order valence-electron chi connectivity index (χ1n) is 7.47. The van der Waals surface area contributed by atoms with Crippen LogP contribution in [0.25, 0.3) is 5.57 Å². The molecule has 5 nitrogen and oxygen atoms in total. The maximum atomic E-state index is 12.7. The van der Waals surface area contributed by atoms with Gasteiger partial charge in [-0.2, -0.15) is 4.37 Å². The number of rotatable bonds is 6. The van der Waals surface area contributed by atoms with Gasteiger partial charge in [0.2, 0.25) is 0 Å². The van der Waals surface area contributed by atoms with Gasteiger partial charge in [0.1, 0.15) is 5.69 Å². The Labute approximate surface area is 132 Å². The number of halogens is 2. The van der Waals surface area contributed by atoms with E-state index in [9.17, 15) is 8.78 Å². The Hall–Kier alpha value is -1.12. The molecule has 0 atom stereocenters. The van der Waals surface area contributed by atoms with Crippen LogP contribution >= 0.6 is 11.7 Å². The summed E-state index contributed by atoms with van der Waals surface area (Å²) in [6.07, 6.45) is 3.91. The summed E-state index contributed by atoms with van der Waals surface area (Å²) < 4.78 is 39.7. The Morgan fingerprint density at radius 2 is 2.18 bits per heavy atom. The van der Waals surface area contributed by atoms with E-state index in [-0.39, 0.29) is 13.1 Å². The smallest absolute Gasteiger partial charge is 0.272 e. The van der Waals surface area contributed by atoms with Crippen molar-refractivity contribution >= 4 is 17.3 Å². The Morgan fingerprint density at radius 3 is 2.91 bits per heavy atom. The second-order valence-corrected chi connectivity index (χ2v) is 6.47. The van der Waals surface area contributed by atoms with E-state index in [0.29, 0.717) is 25.5 Å². The summed E-state index contributed by atoms with van der Waals surface area (Å²) in [5, 5.41) is 0. The second-order valence-electron chi connectivity index (χ2n) is 5.94. The Kier molecular flexibility index (Phi) is 4.70. The van der Waals surface area contributed by atoms with Gasteiger partial charge >= 0.3 is 0 Å². The van der Waals surface area contributed by atoms with Crippen LogP contribution in [0.3, 0.4) is 0 Å². The van der Waals surface area contributed by atoms with Crippen LogP contribution in [0, 0.1) is 0 Å². The number of alkyl halides is 2. The van der Waals surface area contributed by atoms with E-state index in [0.717, 1.165) is 42.5 Å². The Bertz CT molecular complexity index is 541. The van der Waals surface area contributed by atoms with Gasteiger partial charge in [0.05, 0.1) is 31.4 Å².